The van der Waals surface area contributed by atoms with Crippen LogP contribution in [-0.4, -0.2) is 44.6 Å². The number of rotatable bonds is 6. The van der Waals surface area contributed by atoms with Gasteiger partial charge in [-0.1, -0.05) is 0 Å². The van der Waals surface area contributed by atoms with E-state index in [1.807, 2.05) is 35.7 Å². The zero-order valence-electron chi connectivity index (χ0n) is 15.8. The number of benzene rings is 1. The van der Waals surface area contributed by atoms with Gasteiger partial charge in [0.2, 0.25) is 0 Å². The van der Waals surface area contributed by atoms with Crippen LogP contribution in [0.25, 0.3) is 21.6 Å². The van der Waals surface area contributed by atoms with Crippen molar-refractivity contribution in [2.24, 2.45) is 0 Å². The molecule has 1 aliphatic rings. The van der Waals surface area contributed by atoms with Crippen molar-refractivity contribution >= 4 is 33.3 Å². The second kappa shape index (κ2) is 8.10. The minimum absolute atomic E-state index is 0.175. The molecule has 5 rings (SSSR count). The molecule has 0 aliphatic carbocycles. The van der Waals surface area contributed by atoms with Crippen LogP contribution in [0.4, 0.5) is 0 Å². The highest BCUT2D eigenvalue weighted by Crippen LogP contribution is 2.34. The number of aromatic nitrogens is 5. The molecule has 148 valence electrons. The molecule has 29 heavy (non-hydrogen) atoms. The number of fused-ring (bicyclic) bond motifs is 1. The van der Waals surface area contributed by atoms with Crippen molar-refractivity contribution in [3.8, 4) is 17.1 Å². The summed E-state index contributed by atoms with van der Waals surface area (Å²) >= 11 is 3.13. The summed E-state index contributed by atoms with van der Waals surface area (Å²) in [5.41, 5.74) is 0.992. The summed E-state index contributed by atoms with van der Waals surface area (Å²) in [7, 11) is 1.66. The van der Waals surface area contributed by atoms with Crippen LogP contribution < -0.4 is 4.74 Å². The van der Waals surface area contributed by atoms with Crippen LogP contribution in [0.3, 0.4) is 0 Å². The lowest BCUT2D eigenvalue weighted by molar-refractivity contribution is 0.0953. The molecule has 3 aromatic heterocycles. The molecule has 0 spiro atoms. The van der Waals surface area contributed by atoms with E-state index in [9.17, 15) is 0 Å². The molecule has 4 heterocycles. The van der Waals surface area contributed by atoms with Gasteiger partial charge >= 0.3 is 0 Å². The normalized spacial score (nSPS) is 16.5. The van der Waals surface area contributed by atoms with E-state index in [0.717, 1.165) is 57.0 Å². The molecule has 4 aromatic rings. The van der Waals surface area contributed by atoms with Crippen LogP contribution >= 0.6 is 23.1 Å². The van der Waals surface area contributed by atoms with Crippen LogP contribution in [0.5, 0.6) is 5.75 Å². The maximum atomic E-state index is 5.89. The van der Waals surface area contributed by atoms with Crippen LogP contribution in [0.15, 0.2) is 52.2 Å². The van der Waals surface area contributed by atoms with E-state index >= 15 is 0 Å². The zero-order chi connectivity index (χ0) is 19.6. The van der Waals surface area contributed by atoms with Crippen molar-refractivity contribution in [1.82, 2.24) is 24.7 Å². The monoisotopic (exact) mass is 425 g/mol. The lowest BCUT2D eigenvalue weighted by Gasteiger charge is -2.15. The van der Waals surface area contributed by atoms with Gasteiger partial charge < -0.3 is 9.47 Å². The maximum Gasteiger partial charge on any atom is 0.197 e. The summed E-state index contributed by atoms with van der Waals surface area (Å²) in [5, 5.41) is 13.8. The Morgan fingerprint density at radius 2 is 2.10 bits per heavy atom. The first-order chi connectivity index (χ1) is 14.3. The van der Waals surface area contributed by atoms with E-state index in [0.29, 0.717) is 6.54 Å². The minimum atomic E-state index is 0.175. The Bertz CT molecular complexity index is 1120. The highest BCUT2D eigenvalue weighted by molar-refractivity contribution is 7.99. The Morgan fingerprint density at radius 3 is 2.90 bits per heavy atom. The highest BCUT2D eigenvalue weighted by atomic mass is 32.2. The Morgan fingerprint density at radius 1 is 1.21 bits per heavy atom. The number of hydrogen-bond acceptors (Lipinski definition) is 8. The van der Waals surface area contributed by atoms with Crippen LogP contribution in [0.1, 0.15) is 12.8 Å². The second-order valence-corrected chi connectivity index (χ2v) is 8.55. The van der Waals surface area contributed by atoms with Gasteiger partial charge in [-0.2, -0.15) is 0 Å². The first-order valence-electron chi connectivity index (χ1n) is 9.37. The molecule has 1 aliphatic heterocycles. The summed E-state index contributed by atoms with van der Waals surface area (Å²) in [5.74, 6) is 1.63. The van der Waals surface area contributed by atoms with E-state index in [4.69, 9.17) is 9.47 Å². The standard InChI is InChI=1S/C20H19N5O2S2/c1-26-14-6-4-13(5-7-14)17-23-24-20(25(17)11-15-3-2-9-27-15)29-19-16-8-10-28-18(16)21-12-22-19/h4-8,10,12,15H,2-3,9,11H2,1H3. The lowest BCUT2D eigenvalue weighted by Crippen LogP contribution is -2.16. The molecule has 1 saturated heterocycles. The quantitative estimate of drug-likeness (QED) is 0.427. The fourth-order valence-electron chi connectivity index (χ4n) is 3.41. The smallest absolute Gasteiger partial charge is 0.197 e. The van der Waals surface area contributed by atoms with Crippen molar-refractivity contribution in [2.75, 3.05) is 13.7 Å². The fourth-order valence-corrected chi connectivity index (χ4v) is 5.11. The topological polar surface area (TPSA) is 75.0 Å². The van der Waals surface area contributed by atoms with Gasteiger partial charge in [0, 0.05) is 17.6 Å². The summed E-state index contributed by atoms with van der Waals surface area (Å²) in [6, 6.07) is 9.93. The van der Waals surface area contributed by atoms with Gasteiger partial charge in [0.05, 0.1) is 19.8 Å². The van der Waals surface area contributed by atoms with Crippen molar-refractivity contribution in [3.05, 3.63) is 42.0 Å². The van der Waals surface area contributed by atoms with Crippen LogP contribution in [0.2, 0.25) is 0 Å². The van der Waals surface area contributed by atoms with Gasteiger partial charge in [-0.15, -0.1) is 21.5 Å². The van der Waals surface area contributed by atoms with Crippen molar-refractivity contribution in [2.45, 2.75) is 35.7 Å². The first kappa shape index (κ1) is 18.5. The predicted octanol–water partition coefficient (Wildman–Crippen LogP) is 4.29. The molecular formula is C20H19N5O2S2. The Kier molecular flexibility index (Phi) is 5.17. The average Bonchev–Trinajstić information content (AvgIpc) is 3.51. The van der Waals surface area contributed by atoms with Crippen LogP contribution in [-0.2, 0) is 11.3 Å². The third kappa shape index (κ3) is 3.73. The molecule has 0 N–H and O–H groups in total. The molecule has 0 bridgehead atoms. The molecule has 0 radical (unpaired) electrons. The second-order valence-electron chi connectivity index (χ2n) is 6.70. The Balaban J connectivity index is 1.53. The van der Waals surface area contributed by atoms with Gasteiger partial charge in [-0.05, 0) is 60.3 Å². The van der Waals surface area contributed by atoms with Gasteiger partial charge in [0.1, 0.15) is 21.9 Å². The number of ether oxygens (including phenoxy) is 2. The summed E-state index contributed by atoms with van der Waals surface area (Å²) in [4.78, 5) is 9.79. The van der Waals surface area contributed by atoms with Gasteiger partial charge in [-0.25, -0.2) is 9.97 Å². The van der Waals surface area contributed by atoms with Crippen molar-refractivity contribution in [1.29, 1.82) is 0 Å². The lowest BCUT2D eigenvalue weighted by atomic mass is 10.2. The van der Waals surface area contributed by atoms with E-state index in [2.05, 4.69) is 24.7 Å². The molecule has 1 aromatic carbocycles. The number of thiophene rings is 1. The molecular weight excluding hydrogens is 406 g/mol. The fraction of sp³-hybridized carbons (Fsp3) is 0.300. The molecule has 1 fully saturated rings. The zero-order valence-corrected chi connectivity index (χ0v) is 17.4. The molecule has 0 saturated carbocycles. The molecule has 1 atom stereocenters. The van der Waals surface area contributed by atoms with E-state index < -0.39 is 0 Å². The largest absolute Gasteiger partial charge is 0.497 e. The summed E-state index contributed by atoms with van der Waals surface area (Å²) in [6.45, 7) is 1.53. The number of nitrogens with zero attached hydrogens (tertiary/aromatic N) is 5. The van der Waals surface area contributed by atoms with E-state index in [-0.39, 0.29) is 6.10 Å². The highest BCUT2D eigenvalue weighted by Gasteiger charge is 2.23. The Labute approximate surface area is 176 Å². The number of methoxy groups -OCH3 is 1. The predicted molar refractivity (Wildman–Crippen MR) is 113 cm³/mol. The van der Waals surface area contributed by atoms with Gasteiger partial charge in [0.25, 0.3) is 0 Å². The maximum absolute atomic E-state index is 5.89. The SMILES string of the molecule is COc1ccc(-c2nnc(Sc3ncnc4sccc34)n2CC2CCCO2)cc1. The van der Waals surface area contributed by atoms with Crippen molar-refractivity contribution < 1.29 is 9.47 Å². The third-order valence-corrected chi connectivity index (χ3v) is 6.71. The Hall–Kier alpha value is -2.49. The van der Waals surface area contributed by atoms with Gasteiger partial charge in [0.15, 0.2) is 11.0 Å². The molecule has 7 nitrogen and oxygen atoms in total. The van der Waals surface area contributed by atoms with E-state index in [1.54, 1.807) is 24.8 Å². The minimum Gasteiger partial charge on any atom is -0.497 e. The van der Waals surface area contributed by atoms with Crippen molar-refractivity contribution in [3.63, 3.8) is 0 Å². The average molecular weight is 426 g/mol. The van der Waals surface area contributed by atoms with E-state index in [1.165, 1.54) is 11.8 Å². The van der Waals surface area contributed by atoms with Crippen LogP contribution in [0, 0.1) is 0 Å². The third-order valence-electron chi connectivity index (χ3n) is 4.89. The molecule has 1 unspecified atom stereocenters. The summed E-state index contributed by atoms with van der Waals surface area (Å²) < 4.78 is 13.3. The number of hydrogen-bond donors (Lipinski definition) is 0. The molecule has 0 amide bonds. The molecule has 9 heteroatoms. The van der Waals surface area contributed by atoms with Gasteiger partial charge in [-0.3, -0.25) is 4.57 Å². The first-order valence-corrected chi connectivity index (χ1v) is 11.1. The summed E-state index contributed by atoms with van der Waals surface area (Å²) in [6.07, 6.45) is 3.92.